The van der Waals surface area contributed by atoms with Crippen LogP contribution in [0.2, 0.25) is 0 Å². The van der Waals surface area contributed by atoms with Gasteiger partial charge in [0.1, 0.15) is 11.8 Å². The van der Waals surface area contributed by atoms with E-state index in [0.717, 1.165) is 36.2 Å². The van der Waals surface area contributed by atoms with Crippen molar-refractivity contribution < 1.29 is 31.1 Å². The van der Waals surface area contributed by atoms with Crippen molar-refractivity contribution in [3.05, 3.63) is 29.8 Å². The Labute approximate surface area is 128 Å². The highest BCUT2D eigenvalue weighted by Crippen LogP contribution is 2.37. The third-order valence-corrected chi connectivity index (χ3v) is 3.22. The summed E-state index contributed by atoms with van der Waals surface area (Å²) in [5.74, 6) is -0.569. The fourth-order valence-electron chi connectivity index (χ4n) is 1.42. The number of ether oxygens (including phenoxy) is 1. The molecule has 22 heavy (non-hydrogen) atoms. The minimum Gasteiger partial charge on any atom is -0.406 e. The van der Waals surface area contributed by atoms with Crippen molar-refractivity contribution in [2.24, 2.45) is 0 Å². The number of rotatable bonds is 4. The number of nitrogens with one attached hydrogen (secondary N) is 1. The Balaban J connectivity index is 2.91. The molecule has 1 aromatic carbocycles. The molecule has 0 aliphatic heterocycles. The van der Waals surface area contributed by atoms with Gasteiger partial charge in [0.15, 0.2) is 0 Å². The first-order valence-electron chi connectivity index (χ1n) is 6.14. The van der Waals surface area contributed by atoms with E-state index in [0.29, 0.717) is 0 Å². The van der Waals surface area contributed by atoms with Crippen LogP contribution in [-0.2, 0) is 0 Å². The Kier molecular flexibility index (Phi) is 5.66. The quantitative estimate of drug-likeness (QED) is 0.596. The van der Waals surface area contributed by atoms with Crippen LogP contribution in [0.25, 0.3) is 0 Å². The third-order valence-electron chi connectivity index (χ3n) is 2.26. The van der Waals surface area contributed by atoms with E-state index in [9.17, 15) is 26.3 Å². The molecule has 1 rings (SSSR count). The molecule has 0 aliphatic rings. The van der Waals surface area contributed by atoms with Crippen molar-refractivity contribution in [3.63, 3.8) is 0 Å². The lowest BCUT2D eigenvalue weighted by molar-refractivity contribution is -0.274. The second-order valence-electron chi connectivity index (χ2n) is 5.42. The van der Waals surface area contributed by atoms with Crippen LogP contribution in [0.15, 0.2) is 24.3 Å². The van der Waals surface area contributed by atoms with Gasteiger partial charge in [0.05, 0.1) is 0 Å². The lowest BCUT2D eigenvalue weighted by atomic mass is 10.1. The molecule has 1 aromatic rings. The average molecular weight is 347 g/mol. The highest BCUT2D eigenvalue weighted by molar-refractivity contribution is 7.98. The predicted molar refractivity (Wildman–Crippen MR) is 72.4 cm³/mol. The summed E-state index contributed by atoms with van der Waals surface area (Å²) in [7, 11) is 0. The fourth-order valence-corrected chi connectivity index (χ4v) is 2.16. The monoisotopic (exact) mass is 347 g/mol. The lowest BCUT2D eigenvalue weighted by Gasteiger charge is -2.26. The zero-order valence-corrected chi connectivity index (χ0v) is 12.8. The summed E-state index contributed by atoms with van der Waals surface area (Å²) >= 11 is 0.896. The first kappa shape index (κ1) is 19.0. The van der Waals surface area contributed by atoms with Crippen molar-refractivity contribution in [3.8, 4) is 5.75 Å². The van der Waals surface area contributed by atoms with Gasteiger partial charge in [0.2, 0.25) is 0 Å². The number of halogens is 6. The van der Waals surface area contributed by atoms with Crippen molar-refractivity contribution in [2.45, 2.75) is 44.1 Å². The highest BCUT2D eigenvalue weighted by Gasteiger charge is 2.41. The maximum atomic E-state index is 13.1. The van der Waals surface area contributed by atoms with Gasteiger partial charge in [-0.2, -0.15) is 13.2 Å². The van der Waals surface area contributed by atoms with Gasteiger partial charge in [-0.25, -0.2) is 4.72 Å². The van der Waals surface area contributed by atoms with Gasteiger partial charge in [0, 0.05) is 4.75 Å². The van der Waals surface area contributed by atoms with Gasteiger partial charge in [-0.15, -0.1) is 13.2 Å². The molecule has 1 unspecified atom stereocenters. The number of benzene rings is 1. The highest BCUT2D eigenvalue weighted by atomic mass is 32.2. The molecule has 0 saturated carbocycles. The molecule has 126 valence electrons. The smallest absolute Gasteiger partial charge is 0.406 e. The number of alkyl halides is 6. The molecule has 0 spiro atoms. The van der Waals surface area contributed by atoms with Crippen LogP contribution in [0.3, 0.4) is 0 Å². The Bertz CT molecular complexity index is 477. The predicted octanol–water partition coefficient (Wildman–Crippen LogP) is 5.22. The van der Waals surface area contributed by atoms with E-state index in [1.807, 2.05) is 0 Å². The Morgan fingerprint density at radius 2 is 1.45 bits per heavy atom. The largest absolute Gasteiger partial charge is 0.573 e. The zero-order valence-electron chi connectivity index (χ0n) is 12.0. The summed E-state index contributed by atoms with van der Waals surface area (Å²) in [6, 6.07) is 1.62. The van der Waals surface area contributed by atoms with Crippen molar-refractivity contribution in [2.75, 3.05) is 0 Å². The second-order valence-corrected chi connectivity index (χ2v) is 7.09. The molecule has 0 bridgehead atoms. The first-order chi connectivity index (χ1) is 9.78. The van der Waals surface area contributed by atoms with E-state index in [4.69, 9.17) is 0 Å². The molecule has 9 heteroatoms. The molecule has 1 N–H and O–H groups in total. The summed E-state index contributed by atoms with van der Waals surface area (Å²) in [5, 5.41) is 0. The minimum atomic E-state index is -4.88. The van der Waals surface area contributed by atoms with E-state index in [1.165, 1.54) is 0 Å². The van der Waals surface area contributed by atoms with E-state index in [1.54, 1.807) is 20.8 Å². The van der Waals surface area contributed by atoms with E-state index < -0.39 is 29.1 Å². The van der Waals surface area contributed by atoms with Gasteiger partial charge in [-0.05, 0) is 38.5 Å². The van der Waals surface area contributed by atoms with Crippen LogP contribution in [0.4, 0.5) is 26.3 Å². The van der Waals surface area contributed by atoms with Crippen LogP contribution in [-0.4, -0.2) is 17.3 Å². The van der Waals surface area contributed by atoms with E-state index in [2.05, 4.69) is 9.46 Å². The standard InChI is InChI=1S/C13H15F6NOS/c1-11(2,3)22-20-10(12(14,15)16)8-4-6-9(7-5-8)21-13(17,18)19/h4-7,10,20H,1-3H3. The number of hydrogen-bond donors (Lipinski definition) is 1. The summed E-state index contributed by atoms with van der Waals surface area (Å²) < 4.78 is 80.8. The molecular formula is C13H15F6NOS. The average Bonchev–Trinajstić information content (AvgIpc) is 2.26. The Morgan fingerprint density at radius 1 is 0.955 bits per heavy atom. The van der Waals surface area contributed by atoms with Gasteiger partial charge in [0.25, 0.3) is 0 Å². The van der Waals surface area contributed by atoms with Crippen molar-refractivity contribution in [1.82, 2.24) is 4.72 Å². The Hall–Kier alpha value is -1.09. The van der Waals surface area contributed by atoms with Crippen LogP contribution < -0.4 is 9.46 Å². The third kappa shape index (κ3) is 6.78. The van der Waals surface area contributed by atoms with Crippen LogP contribution in [0, 0.1) is 0 Å². The normalized spacial score (nSPS) is 14.8. The zero-order chi connectivity index (χ0) is 17.2. The summed E-state index contributed by atoms with van der Waals surface area (Å²) in [4.78, 5) is 0. The summed E-state index contributed by atoms with van der Waals surface area (Å²) in [6.07, 6.45) is -9.46. The molecule has 1 atom stereocenters. The molecule has 0 fully saturated rings. The number of hydrogen-bond acceptors (Lipinski definition) is 3. The van der Waals surface area contributed by atoms with Crippen LogP contribution in [0.1, 0.15) is 32.4 Å². The summed E-state index contributed by atoms with van der Waals surface area (Å²) in [5.41, 5.74) is -0.196. The Morgan fingerprint density at radius 3 is 1.82 bits per heavy atom. The maximum absolute atomic E-state index is 13.1. The van der Waals surface area contributed by atoms with E-state index in [-0.39, 0.29) is 5.56 Å². The molecular weight excluding hydrogens is 332 g/mol. The molecule has 0 amide bonds. The van der Waals surface area contributed by atoms with Gasteiger partial charge < -0.3 is 4.74 Å². The van der Waals surface area contributed by atoms with E-state index >= 15 is 0 Å². The van der Waals surface area contributed by atoms with Crippen LogP contribution in [0.5, 0.6) is 5.75 Å². The maximum Gasteiger partial charge on any atom is 0.573 e. The van der Waals surface area contributed by atoms with Crippen LogP contribution >= 0.6 is 11.9 Å². The molecule has 2 nitrogen and oxygen atoms in total. The van der Waals surface area contributed by atoms with Gasteiger partial charge in [-0.1, -0.05) is 24.1 Å². The molecule has 0 heterocycles. The lowest BCUT2D eigenvalue weighted by Crippen LogP contribution is -2.32. The summed E-state index contributed by atoms with van der Waals surface area (Å²) in [6.45, 7) is 5.20. The van der Waals surface area contributed by atoms with Crippen molar-refractivity contribution in [1.29, 1.82) is 0 Å². The first-order valence-corrected chi connectivity index (χ1v) is 6.95. The van der Waals surface area contributed by atoms with Gasteiger partial charge in [-0.3, -0.25) is 0 Å². The van der Waals surface area contributed by atoms with Gasteiger partial charge >= 0.3 is 12.5 Å². The fraction of sp³-hybridized carbons (Fsp3) is 0.538. The topological polar surface area (TPSA) is 21.3 Å². The molecule has 0 aromatic heterocycles. The molecule has 0 saturated heterocycles. The van der Waals surface area contributed by atoms with Crippen molar-refractivity contribution >= 4 is 11.9 Å². The second kappa shape index (κ2) is 6.57. The SMILES string of the molecule is CC(C)(C)SNC(c1ccc(OC(F)(F)F)cc1)C(F)(F)F. The molecule has 0 aliphatic carbocycles. The minimum absolute atomic E-state index is 0.196. The molecule has 0 radical (unpaired) electrons.